The first-order chi connectivity index (χ1) is 4.06. The molecule has 2 N–H and O–H groups in total. The van der Waals surface area contributed by atoms with Gasteiger partial charge in [0.1, 0.15) is 0 Å². The smallest absolute Gasteiger partial charge is 0.191 e. The van der Waals surface area contributed by atoms with E-state index >= 15 is 0 Å². The third kappa shape index (κ3) is 8.79. The van der Waals surface area contributed by atoms with Gasteiger partial charge in [-0.2, -0.15) is 0 Å². The van der Waals surface area contributed by atoms with Crippen LogP contribution in [-0.2, 0) is 0 Å². The number of aliphatic hydroxyl groups excluding tert-OH is 1. The highest BCUT2D eigenvalue weighted by molar-refractivity contribution is 6.67. The second-order valence-electron chi connectivity index (χ2n) is 1.52. The predicted molar refractivity (Wildman–Crippen MR) is 40.0 cm³/mol. The van der Waals surface area contributed by atoms with Gasteiger partial charge in [0.25, 0.3) is 0 Å². The molecular formula is C4H8Cl3NO. The second kappa shape index (κ2) is 4.58. The van der Waals surface area contributed by atoms with E-state index in [1.54, 1.807) is 0 Å². The monoisotopic (exact) mass is 191 g/mol. The molecule has 0 aliphatic rings. The summed E-state index contributed by atoms with van der Waals surface area (Å²) < 4.78 is -1.21. The maximum Gasteiger partial charge on any atom is 0.191 e. The highest BCUT2D eigenvalue weighted by atomic mass is 35.6. The lowest BCUT2D eigenvalue weighted by atomic mass is 10.5. The first kappa shape index (κ1) is 9.79. The molecule has 0 saturated carbocycles. The van der Waals surface area contributed by atoms with Crippen LogP contribution in [0, 0.1) is 0 Å². The topological polar surface area (TPSA) is 32.3 Å². The summed E-state index contributed by atoms with van der Waals surface area (Å²) in [4.78, 5) is 0. The molecule has 0 rings (SSSR count). The number of hydrogen-bond acceptors (Lipinski definition) is 2. The normalized spacial score (nSPS) is 12.0. The molecule has 0 bridgehead atoms. The van der Waals surface area contributed by atoms with Crippen LogP contribution < -0.4 is 5.32 Å². The van der Waals surface area contributed by atoms with Crippen LogP contribution in [0.15, 0.2) is 0 Å². The molecule has 0 atom stereocenters. The maximum absolute atomic E-state index is 8.22. The molecule has 0 aromatic carbocycles. The van der Waals surface area contributed by atoms with Crippen LogP contribution >= 0.6 is 34.8 Å². The Kier molecular flexibility index (Phi) is 4.98. The SMILES string of the molecule is OCNCCC(Cl)(Cl)Cl. The third-order valence-corrected chi connectivity index (χ3v) is 1.26. The highest BCUT2D eigenvalue weighted by Crippen LogP contribution is 2.28. The van der Waals surface area contributed by atoms with Gasteiger partial charge in [0.2, 0.25) is 0 Å². The van der Waals surface area contributed by atoms with Gasteiger partial charge in [-0.3, -0.25) is 5.32 Å². The van der Waals surface area contributed by atoms with E-state index in [0.29, 0.717) is 13.0 Å². The Labute approximate surface area is 69.1 Å². The van der Waals surface area contributed by atoms with Crippen molar-refractivity contribution in [3.05, 3.63) is 0 Å². The molecule has 0 saturated heterocycles. The van der Waals surface area contributed by atoms with Crippen molar-refractivity contribution < 1.29 is 5.11 Å². The maximum atomic E-state index is 8.22. The Morgan fingerprint density at radius 1 is 1.33 bits per heavy atom. The minimum absolute atomic E-state index is 0.0826. The average Bonchev–Trinajstić information content (AvgIpc) is 1.63. The molecule has 0 radical (unpaired) electrons. The fourth-order valence-electron chi connectivity index (χ4n) is 0.309. The summed E-state index contributed by atoms with van der Waals surface area (Å²) in [7, 11) is 0. The molecule has 0 unspecified atom stereocenters. The lowest BCUT2D eigenvalue weighted by molar-refractivity contribution is 0.261. The van der Waals surface area contributed by atoms with Gasteiger partial charge in [0, 0.05) is 13.0 Å². The molecule has 0 spiro atoms. The Balaban J connectivity index is 3.07. The van der Waals surface area contributed by atoms with Crippen molar-refractivity contribution in [1.82, 2.24) is 5.32 Å². The first-order valence-electron chi connectivity index (χ1n) is 2.44. The Morgan fingerprint density at radius 2 is 1.89 bits per heavy atom. The molecule has 0 aromatic heterocycles. The van der Waals surface area contributed by atoms with Crippen LogP contribution in [-0.4, -0.2) is 22.2 Å². The summed E-state index contributed by atoms with van der Waals surface area (Å²) in [6, 6.07) is 0. The summed E-state index contributed by atoms with van der Waals surface area (Å²) >= 11 is 16.1. The molecule has 0 aliphatic carbocycles. The van der Waals surface area contributed by atoms with Crippen molar-refractivity contribution in [3.8, 4) is 0 Å². The van der Waals surface area contributed by atoms with Crippen molar-refractivity contribution in [2.45, 2.75) is 10.2 Å². The Hall–Kier alpha value is 0.790. The van der Waals surface area contributed by atoms with Crippen molar-refractivity contribution in [2.24, 2.45) is 0 Å². The molecule has 0 fully saturated rings. The average molecular weight is 192 g/mol. The molecule has 0 aromatic rings. The van der Waals surface area contributed by atoms with Crippen LogP contribution in [0.4, 0.5) is 0 Å². The number of halogens is 3. The number of rotatable bonds is 3. The first-order valence-corrected chi connectivity index (χ1v) is 3.58. The molecular weight excluding hydrogens is 184 g/mol. The van der Waals surface area contributed by atoms with Gasteiger partial charge >= 0.3 is 0 Å². The lowest BCUT2D eigenvalue weighted by Gasteiger charge is -2.09. The summed E-state index contributed by atoms with van der Waals surface area (Å²) in [5.41, 5.74) is 0. The van der Waals surface area contributed by atoms with Gasteiger partial charge in [0.05, 0.1) is 6.73 Å². The van der Waals surface area contributed by atoms with E-state index in [-0.39, 0.29) is 6.73 Å². The molecule has 0 amide bonds. The Bertz CT molecular complexity index is 72.7. The number of hydrogen-bond donors (Lipinski definition) is 2. The van der Waals surface area contributed by atoms with E-state index < -0.39 is 3.79 Å². The minimum Gasteiger partial charge on any atom is -0.381 e. The van der Waals surface area contributed by atoms with E-state index in [2.05, 4.69) is 5.32 Å². The molecule has 0 aliphatic heterocycles. The highest BCUT2D eigenvalue weighted by Gasteiger charge is 2.17. The van der Waals surface area contributed by atoms with Crippen LogP contribution in [0.25, 0.3) is 0 Å². The van der Waals surface area contributed by atoms with Gasteiger partial charge in [-0.25, -0.2) is 0 Å². The summed E-state index contributed by atoms with van der Waals surface area (Å²) in [5.74, 6) is 0. The van der Waals surface area contributed by atoms with E-state index in [1.165, 1.54) is 0 Å². The van der Waals surface area contributed by atoms with Gasteiger partial charge < -0.3 is 5.11 Å². The van der Waals surface area contributed by atoms with Crippen molar-refractivity contribution in [3.63, 3.8) is 0 Å². The predicted octanol–water partition coefficient (Wildman–Crippen LogP) is 1.29. The van der Waals surface area contributed by atoms with Crippen molar-refractivity contribution >= 4 is 34.8 Å². The summed E-state index contributed by atoms with van der Waals surface area (Å²) in [6.07, 6.45) is 0.401. The summed E-state index contributed by atoms with van der Waals surface area (Å²) in [5, 5.41) is 10.8. The molecule has 0 heterocycles. The van der Waals surface area contributed by atoms with Crippen molar-refractivity contribution in [2.75, 3.05) is 13.3 Å². The molecule has 56 valence electrons. The van der Waals surface area contributed by atoms with Gasteiger partial charge in [0.15, 0.2) is 3.79 Å². The van der Waals surface area contributed by atoms with E-state index in [4.69, 9.17) is 39.9 Å². The molecule has 2 nitrogen and oxygen atoms in total. The fraction of sp³-hybridized carbons (Fsp3) is 1.00. The van der Waals surface area contributed by atoms with Crippen LogP contribution in [0.2, 0.25) is 0 Å². The zero-order valence-corrected chi connectivity index (χ0v) is 6.97. The number of nitrogens with one attached hydrogen (secondary N) is 1. The Morgan fingerprint density at radius 3 is 2.22 bits per heavy atom. The number of alkyl halides is 3. The minimum atomic E-state index is -1.21. The van der Waals surface area contributed by atoms with Gasteiger partial charge in [-0.1, -0.05) is 34.8 Å². The number of aliphatic hydroxyl groups is 1. The van der Waals surface area contributed by atoms with Gasteiger partial charge in [-0.15, -0.1) is 0 Å². The zero-order valence-electron chi connectivity index (χ0n) is 4.70. The van der Waals surface area contributed by atoms with Crippen LogP contribution in [0.1, 0.15) is 6.42 Å². The van der Waals surface area contributed by atoms with E-state index in [9.17, 15) is 0 Å². The zero-order chi connectivity index (χ0) is 7.33. The fourth-order valence-corrected chi connectivity index (χ4v) is 0.593. The lowest BCUT2D eigenvalue weighted by Crippen LogP contribution is -2.20. The van der Waals surface area contributed by atoms with E-state index in [0.717, 1.165) is 0 Å². The largest absolute Gasteiger partial charge is 0.381 e. The standard InChI is InChI=1S/C4H8Cl3NO/c5-4(6,7)1-2-8-3-9/h8-9H,1-3H2. The van der Waals surface area contributed by atoms with Gasteiger partial charge in [-0.05, 0) is 0 Å². The van der Waals surface area contributed by atoms with Crippen LogP contribution in [0.3, 0.4) is 0 Å². The third-order valence-electron chi connectivity index (χ3n) is 0.697. The second-order valence-corrected chi connectivity index (χ2v) is 4.04. The molecule has 9 heavy (non-hydrogen) atoms. The van der Waals surface area contributed by atoms with Crippen molar-refractivity contribution in [1.29, 1.82) is 0 Å². The molecule has 5 heteroatoms. The van der Waals surface area contributed by atoms with Crippen LogP contribution in [0.5, 0.6) is 0 Å². The quantitative estimate of drug-likeness (QED) is 0.401. The summed E-state index contributed by atoms with van der Waals surface area (Å²) in [6.45, 7) is 0.424. The van der Waals surface area contributed by atoms with E-state index in [1.807, 2.05) is 0 Å².